The van der Waals surface area contributed by atoms with Crippen LogP contribution < -0.4 is 9.92 Å². The van der Waals surface area contributed by atoms with Crippen LogP contribution in [0, 0.1) is 0 Å². The Hall–Kier alpha value is -1.83. The number of anilines is 1. The first-order valence-corrected chi connectivity index (χ1v) is 5.26. The lowest BCUT2D eigenvalue weighted by molar-refractivity contribution is 0.0601. The molecule has 0 fully saturated rings. The molecular weight excluding hydrogens is 241 g/mol. The Kier molecular flexibility index (Phi) is 3.33. The van der Waals surface area contributed by atoms with Crippen molar-refractivity contribution in [3.05, 3.63) is 23.8 Å². The molecule has 1 aromatic rings. The number of hydrogen-bond acceptors (Lipinski definition) is 6. The fourth-order valence-electron chi connectivity index (χ4n) is 0.989. The third kappa shape index (κ3) is 3.09. The number of nitrogen functional groups attached to an aromatic ring is 1. The lowest BCUT2D eigenvalue weighted by atomic mass is 10.2. The van der Waals surface area contributed by atoms with Crippen molar-refractivity contribution in [2.45, 2.75) is 0 Å². The molecule has 0 saturated carbocycles. The van der Waals surface area contributed by atoms with E-state index in [2.05, 4.69) is 8.92 Å². The van der Waals surface area contributed by atoms with E-state index < -0.39 is 16.5 Å². The number of carbonyl (C=O) groups is 1. The van der Waals surface area contributed by atoms with Gasteiger partial charge in [-0.05, 0) is 18.2 Å². The summed E-state index contributed by atoms with van der Waals surface area (Å²) in [5.41, 5.74) is 5.39. The Morgan fingerprint density at radius 1 is 1.44 bits per heavy atom. The van der Waals surface area contributed by atoms with Gasteiger partial charge in [0, 0.05) is 5.69 Å². The van der Waals surface area contributed by atoms with Crippen molar-refractivity contribution in [2.24, 2.45) is 0 Å². The van der Waals surface area contributed by atoms with Gasteiger partial charge in [-0.1, -0.05) is 3.89 Å². The number of methoxy groups -OCH3 is 1. The van der Waals surface area contributed by atoms with Gasteiger partial charge in [-0.3, -0.25) is 0 Å². The van der Waals surface area contributed by atoms with Crippen LogP contribution in [0.2, 0.25) is 0 Å². The van der Waals surface area contributed by atoms with Crippen molar-refractivity contribution in [1.29, 1.82) is 0 Å². The highest BCUT2D eigenvalue weighted by Crippen LogP contribution is 2.21. The normalized spacial score (nSPS) is 10.9. The smallest absolute Gasteiger partial charge is 0.465 e. The molecule has 2 N–H and O–H groups in total. The number of nitrogens with two attached hydrogens (primary N) is 1. The van der Waals surface area contributed by atoms with E-state index in [9.17, 15) is 17.1 Å². The van der Waals surface area contributed by atoms with Crippen LogP contribution in [0.4, 0.5) is 9.57 Å². The van der Waals surface area contributed by atoms with Crippen molar-refractivity contribution >= 4 is 22.2 Å². The number of ether oxygens (including phenoxy) is 1. The summed E-state index contributed by atoms with van der Waals surface area (Å²) in [6.45, 7) is 0. The minimum Gasteiger partial charge on any atom is -0.465 e. The predicted molar refractivity (Wildman–Crippen MR) is 52.8 cm³/mol. The van der Waals surface area contributed by atoms with Crippen LogP contribution in [0.25, 0.3) is 0 Å². The number of rotatable bonds is 3. The standard InChI is InChI=1S/C8H8FNO5S/c1-14-8(11)6-4-5(2-3-7(6)10)15-16(9,12)13/h2-4H,10H2,1H3. The third-order valence-corrected chi connectivity index (χ3v) is 2.02. The molecule has 0 aliphatic carbocycles. The molecule has 0 atom stereocenters. The Morgan fingerprint density at radius 3 is 2.56 bits per heavy atom. The van der Waals surface area contributed by atoms with Crippen LogP contribution in [-0.4, -0.2) is 21.5 Å². The molecule has 1 aromatic carbocycles. The molecule has 0 aromatic heterocycles. The van der Waals surface area contributed by atoms with Gasteiger partial charge in [-0.2, -0.15) is 8.42 Å². The van der Waals surface area contributed by atoms with Crippen molar-refractivity contribution in [2.75, 3.05) is 12.8 Å². The number of hydrogen-bond donors (Lipinski definition) is 1. The van der Waals surface area contributed by atoms with E-state index in [4.69, 9.17) is 5.73 Å². The van der Waals surface area contributed by atoms with E-state index >= 15 is 0 Å². The predicted octanol–water partition coefficient (Wildman–Crippen LogP) is 0.648. The average Bonchev–Trinajstić information content (AvgIpc) is 2.18. The molecule has 0 amide bonds. The molecule has 8 heteroatoms. The highest BCUT2D eigenvalue weighted by molar-refractivity contribution is 7.81. The summed E-state index contributed by atoms with van der Waals surface area (Å²) in [5, 5.41) is 0. The maximum absolute atomic E-state index is 12.2. The monoisotopic (exact) mass is 249 g/mol. The average molecular weight is 249 g/mol. The topological polar surface area (TPSA) is 95.7 Å². The summed E-state index contributed by atoms with van der Waals surface area (Å²) in [6.07, 6.45) is 0. The van der Waals surface area contributed by atoms with Crippen LogP contribution in [0.3, 0.4) is 0 Å². The van der Waals surface area contributed by atoms with Gasteiger partial charge in [0.15, 0.2) is 0 Å². The third-order valence-electron chi connectivity index (χ3n) is 1.63. The number of carbonyl (C=O) groups excluding carboxylic acids is 1. The van der Waals surface area contributed by atoms with E-state index in [1.807, 2.05) is 0 Å². The number of esters is 1. The van der Waals surface area contributed by atoms with Gasteiger partial charge < -0.3 is 14.7 Å². The van der Waals surface area contributed by atoms with Crippen LogP contribution in [0.5, 0.6) is 5.75 Å². The highest BCUT2D eigenvalue weighted by atomic mass is 32.3. The minimum atomic E-state index is -5.13. The number of benzene rings is 1. The van der Waals surface area contributed by atoms with Crippen LogP contribution in [0.15, 0.2) is 18.2 Å². The zero-order valence-electron chi connectivity index (χ0n) is 8.14. The van der Waals surface area contributed by atoms with Crippen molar-refractivity contribution in [1.82, 2.24) is 0 Å². The minimum absolute atomic E-state index is 0.0652. The lowest BCUT2D eigenvalue weighted by Gasteiger charge is -2.05. The maximum Gasteiger partial charge on any atom is 0.488 e. The maximum atomic E-state index is 12.2. The fraction of sp³-hybridized carbons (Fsp3) is 0.125. The molecule has 16 heavy (non-hydrogen) atoms. The first-order valence-electron chi connectivity index (χ1n) is 3.95. The molecule has 6 nitrogen and oxygen atoms in total. The molecule has 0 unspecified atom stereocenters. The summed E-state index contributed by atoms with van der Waals surface area (Å²) in [7, 11) is -4.01. The summed E-state index contributed by atoms with van der Waals surface area (Å²) in [5.74, 6) is -1.14. The first kappa shape index (κ1) is 12.2. The van der Waals surface area contributed by atoms with Crippen LogP contribution in [-0.2, 0) is 15.2 Å². The molecule has 0 saturated heterocycles. The Labute approximate surface area is 91.2 Å². The molecule has 1 rings (SSSR count). The van der Waals surface area contributed by atoms with Crippen LogP contribution in [0.1, 0.15) is 10.4 Å². The molecule has 0 heterocycles. The molecule has 0 spiro atoms. The van der Waals surface area contributed by atoms with E-state index in [1.165, 1.54) is 6.07 Å². The molecule has 0 bridgehead atoms. The summed E-state index contributed by atoms with van der Waals surface area (Å²) in [4.78, 5) is 11.2. The summed E-state index contributed by atoms with van der Waals surface area (Å²) < 4.78 is 40.9. The summed E-state index contributed by atoms with van der Waals surface area (Å²) >= 11 is 0. The first-order chi connectivity index (χ1) is 7.33. The molecule has 0 aliphatic heterocycles. The van der Waals surface area contributed by atoms with Crippen molar-refractivity contribution < 1.29 is 26.0 Å². The van der Waals surface area contributed by atoms with E-state index in [0.717, 1.165) is 19.2 Å². The lowest BCUT2D eigenvalue weighted by Crippen LogP contribution is -2.07. The Bertz CT molecular complexity index is 513. The molecule has 88 valence electrons. The van der Waals surface area contributed by atoms with Crippen molar-refractivity contribution in [3.63, 3.8) is 0 Å². The quantitative estimate of drug-likeness (QED) is 0.480. The van der Waals surface area contributed by atoms with Gasteiger partial charge in [0.25, 0.3) is 0 Å². The van der Waals surface area contributed by atoms with E-state index in [-0.39, 0.29) is 17.0 Å². The van der Waals surface area contributed by atoms with E-state index in [0.29, 0.717) is 0 Å². The highest BCUT2D eigenvalue weighted by Gasteiger charge is 2.15. The Balaban J connectivity index is 3.12. The Morgan fingerprint density at radius 2 is 2.06 bits per heavy atom. The second-order valence-electron chi connectivity index (χ2n) is 2.72. The summed E-state index contributed by atoms with van der Waals surface area (Å²) in [6, 6.07) is 3.28. The zero-order chi connectivity index (χ0) is 12.3. The molecule has 0 radical (unpaired) electrons. The fourth-order valence-corrected chi connectivity index (χ4v) is 1.32. The van der Waals surface area contributed by atoms with Crippen molar-refractivity contribution in [3.8, 4) is 5.75 Å². The van der Waals surface area contributed by atoms with E-state index in [1.54, 1.807) is 0 Å². The van der Waals surface area contributed by atoms with Gasteiger partial charge >= 0.3 is 16.5 Å². The molecule has 0 aliphatic rings. The second-order valence-corrected chi connectivity index (χ2v) is 3.67. The largest absolute Gasteiger partial charge is 0.488 e. The van der Waals surface area contributed by atoms with Gasteiger partial charge in [0.1, 0.15) is 5.75 Å². The van der Waals surface area contributed by atoms with Gasteiger partial charge in [0.05, 0.1) is 12.7 Å². The SMILES string of the molecule is COC(=O)c1cc(OS(=O)(=O)F)ccc1N. The van der Waals surface area contributed by atoms with Gasteiger partial charge in [-0.25, -0.2) is 4.79 Å². The van der Waals surface area contributed by atoms with Gasteiger partial charge in [0.2, 0.25) is 0 Å². The second kappa shape index (κ2) is 4.35. The number of halogens is 1. The van der Waals surface area contributed by atoms with Crippen LogP contribution >= 0.6 is 0 Å². The molecular formula is C8H8FNO5S. The zero-order valence-corrected chi connectivity index (χ0v) is 8.95. The van der Waals surface area contributed by atoms with Gasteiger partial charge in [-0.15, -0.1) is 0 Å².